The van der Waals surface area contributed by atoms with Crippen molar-refractivity contribution in [3.8, 4) is 0 Å². The lowest BCUT2D eigenvalue weighted by atomic mass is 10.00. The predicted octanol–water partition coefficient (Wildman–Crippen LogP) is 1.65. The van der Waals surface area contributed by atoms with Crippen LogP contribution < -0.4 is 15.5 Å². The van der Waals surface area contributed by atoms with Gasteiger partial charge in [-0.1, -0.05) is 12.1 Å². The standard InChI is InChI=1S/C23H25ClN6O3/c24-23-26-11-8-19(27-23)29(15-6-9-25-10-7-15)12-14-2-1-3-16-17(14)13-30(22(16)33)18-4-5-20(31)28-21(18)32/h1-3,8,11,15,18,25H,4-7,9-10,12-13H2,(H,28,31,32). The van der Waals surface area contributed by atoms with Crippen LogP contribution in [-0.4, -0.2) is 57.8 Å². The molecule has 172 valence electrons. The van der Waals surface area contributed by atoms with Crippen LogP contribution in [0.25, 0.3) is 0 Å². The van der Waals surface area contributed by atoms with Gasteiger partial charge in [0.25, 0.3) is 5.91 Å². The minimum atomic E-state index is -0.628. The Bertz CT molecular complexity index is 1100. The maximum Gasteiger partial charge on any atom is 0.255 e. The molecule has 33 heavy (non-hydrogen) atoms. The fourth-order valence-corrected chi connectivity index (χ4v) is 5.13. The first-order valence-electron chi connectivity index (χ1n) is 11.2. The van der Waals surface area contributed by atoms with Crippen LogP contribution in [0.15, 0.2) is 30.5 Å². The topological polar surface area (TPSA) is 108 Å². The highest BCUT2D eigenvalue weighted by Gasteiger charge is 2.40. The van der Waals surface area contributed by atoms with Gasteiger partial charge in [-0.05, 0) is 67.2 Å². The number of hydrogen-bond donors (Lipinski definition) is 2. The molecule has 0 spiro atoms. The normalized spacial score (nSPS) is 21.2. The summed E-state index contributed by atoms with van der Waals surface area (Å²) < 4.78 is 0. The molecule has 4 heterocycles. The first-order chi connectivity index (χ1) is 16.0. The Morgan fingerprint density at radius 2 is 1.94 bits per heavy atom. The molecule has 10 heteroatoms. The molecule has 2 N–H and O–H groups in total. The van der Waals surface area contributed by atoms with E-state index in [4.69, 9.17) is 11.6 Å². The van der Waals surface area contributed by atoms with Crippen LogP contribution in [0.1, 0.15) is 47.2 Å². The van der Waals surface area contributed by atoms with Crippen LogP contribution in [0.2, 0.25) is 5.28 Å². The fourth-order valence-electron chi connectivity index (χ4n) is 4.98. The summed E-state index contributed by atoms with van der Waals surface area (Å²) in [5.41, 5.74) is 2.55. The van der Waals surface area contributed by atoms with Gasteiger partial charge in [0.1, 0.15) is 11.9 Å². The Hall–Kier alpha value is -3.04. The third kappa shape index (κ3) is 4.30. The Kier molecular flexibility index (Phi) is 5.99. The van der Waals surface area contributed by atoms with Crippen molar-refractivity contribution in [1.82, 2.24) is 25.5 Å². The minimum absolute atomic E-state index is 0.167. The molecule has 2 aromatic rings. The number of fused-ring (bicyclic) bond motifs is 1. The summed E-state index contributed by atoms with van der Waals surface area (Å²) in [4.78, 5) is 49.4. The zero-order valence-corrected chi connectivity index (χ0v) is 18.8. The maximum absolute atomic E-state index is 13.2. The number of halogens is 1. The van der Waals surface area contributed by atoms with Gasteiger partial charge >= 0.3 is 0 Å². The molecule has 5 rings (SSSR count). The molecule has 3 amide bonds. The molecule has 0 radical (unpaired) electrons. The molecule has 2 saturated heterocycles. The van der Waals surface area contributed by atoms with Crippen molar-refractivity contribution >= 4 is 35.1 Å². The number of imide groups is 1. The smallest absolute Gasteiger partial charge is 0.255 e. The lowest BCUT2D eigenvalue weighted by molar-refractivity contribution is -0.136. The summed E-state index contributed by atoms with van der Waals surface area (Å²) in [6, 6.07) is 7.22. The molecular weight excluding hydrogens is 444 g/mol. The van der Waals surface area contributed by atoms with Gasteiger partial charge in [-0.25, -0.2) is 9.97 Å². The number of carbonyl (C=O) groups excluding carboxylic acids is 3. The van der Waals surface area contributed by atoms with Gasteiger partial charge in [0, 0.05) is 37.3 Å². The van der Waals surface area contributed by atoms with Crippen LogP contribution >= 0.6 is 11.6 Å². The van der Waals surface area contributed by atoms with Crippen LogP contribution in [0.4, 0.5) is 5.82 Å². The molecule has 3 aliphatic rings. The van der Waals surface area contributed by atoms with E-state index < -0.39 is 11.9 Å². The minimum Gasteiger partial charge on any atom is -0.349 e. The largest absolute Gasteiger partial charge is 0.349 e. The quantitative estimate of drug-likeness (QED) is 0.507. The summed E-state index contributed by atoms with van der Waals surface area (Å²) in [5, 5.41) is 5.95. The van der Waals surface area contributed by atoms with Crippen molar-refractivity contribution in [2.75, 3.05) is 18.0 Å². The Morgan fingerprint density at radius 3 is 2.70 bits per heavy atom. The van der Waals surface area contributed by atoms with E-state index in [1.165, 1.54) is 0 Å². The Morgan fingerprint density at radius 1 is 1.12 bits per heavy atom. The van der Waals surface area contributed by atoms with Crippen molar-refractivity contribution in [1.29, 1.82) is 0 Å². The third-order valence-electron chi connectivity index (χ3n) is 6.67. The van der Waals surface area contributed by atoms with E-state index in [0.29, 0.717) is 25.1 Å². The first kappa shape index (κ1) is 21.8. The average molecular weight is 469 g/mol. The van der Waals surface area contributed by atoms with E-state index in [2.05, 4.69) is 25.5 Å². The number of aromatic nitrogens is 2. The van der Waals surface area contributed by atoms with Gasteiger partial charge in [-0.2, -0.15) is 0 Å². The van der Waals surface area contributed by atoms with Crippen LogP contribution in [-0.2, 0) is 22.7 Å². The molecular formula is C23H25ClN6O3. The van der Waals surface area contributed by atoms with E-state index in [1.54, 1.807) is 11.1 Å². The van der Waals surface area contributed by atoms with Crippen LogP contribution in [0.5, 0.6) is 0 Å². The number of anilines is 1. The number of piperidine rings is 2. The first-order valence-corrected chi connectivity index (χ1v) is 11.6. The molecule has 3 aliphatic heterocycles. The van der Waals surface area contributed by atoms with E-state index in [9.17, 15) is 14.4 Å². The lowest BCUT2D eigenvalue weighted by Crippen LogP contribution is -2.52. The van der Waals surface area contributed by atoms with Crippen molar-refractivity contribution in [2.24, 2.45) is 0 Å². The molecule has 2 fully saturated rings. The maximum atomic E-state index is 13.2. The number of nitrogens with zero attached hydrogens (tertiary/aromatic N) is 4. The van der Waals surface area contributed by atoms with Crippen molar-refractivity contribution in [2.45, 2.75) is 50.9 Å². The predicted molar refractivity (Wildman–Crippen MR) is 122 cm³/mol. The highest BCUT2D eigenvalue weighted by atomic mass is 35.5. The summed E-state index contributed by atoms with van der Waals surface area (Å²) in [6.07, 6.45) is 4.18. The van der Waals surface area contributed by atoms with E-state index >= 15 is 0 Å². The third-order valence-corrected chi connectivity index (χ3v) is 6.86. The SMILES string of the molecule is O=C1CCC(N2Cc3c(CN(c4ccnc(Cl)n4)C4CCNCC4)cccc3C2=O)C(=O)N1. The Balaban J connectivity index is 1.44. The number of amides is 3. The van der Waals surface area contributed by atoms with Gasteiger partial charge < -0.3 is 15.1 Å². The lowest BCUT2D eigenvalue weighted by Gasteiger charge is -2.36. The van der Waals surface area contributed by atoms with E-state index in [0.717, 1.165) is 42.9 Å². The number of rotatable bonds is 5. The van der Waals surface area contributed by atoms with Crippen molar-refractivity contribution in [3.05, 3.63) is 52.4 Å². The van der Waals surface area contributed by atoms with Crippen molar-refractivity contribution in [3.63, 3.8) is 0 Å². The molecule has 0 saturated carbocycles. The second kappa shape index (κ2) is 9.07. The van der Waals surface area contributed by atoms with Gasteiger partial charge in [-0.15, -0.1) is 0 Å². The number of hydrogen-bond acceptors (Lipinski definition) is 7. The molecule has 1 aromatic carbocycles. The zero-order chi connectivity index (χ0) is 22.9. The zero-order valence-electron chi connectivity index (χ0n) is 18.1. The van der Waals surface area contributed by atoms with Crippen LogP contribution in [0.3, 0.4) is 0 Å². The van der Waals surface area contributed by atoms with E-state index in [1.807, 2.05) is 24.3 Å². The monoisotopic (exact) mass is 468 g/mol. The summed E-state index contributed by atoms with van der Waals surface area (Å²) in [5.74, 6) is -0.103. The molecule has 0 aliphatic carbocycles. The van der Waals surface area contributed by atoms with Gasteiger partial charge in [0.15, 0.2) is 0 Å². The number of benzene rings is 1. The molecule has 9 nitrogen and oxygen atoms in total. The summed E-state index contributed by atoms with van der Waals surface area (Å²) in [7, 11) is 0. The molecule has 1 atom stereocenters. The highest BCUT2D eigenvalue weighted by Crippen LogP contribution is 2.32. The average Bonchev–Trinajstić information content (AvgIpc) is 3.15. The van der Waals surface area contributed by atoms with E-state index in [-0.39, 0.29) is 29.6 Å². The second-order valence-corrected chi connectivity index (χ2v) is 8.97. The second-order valence-electron chi connectivity index (χ2n) is 8.64. The number of nitrogens with one attached hydrogen (secondary N) is 2. The highest BCUT2D eigenvalue weighted by molar-refractivity contribution is 6.28. The summed E-state index contributed by atoms with van der Waals surface area (Å²) >= 11 is 6.10. The van der Waals surface area contributed by atoms with Crippen LogP contribution in [0, 0.1) is 0 Å². The number of carbonyl (C=O) groups is 3. The van der Waals surface area contributed by atoms with Crippen molar-refractivity contribution < 1.29 is 14.4 Å². The molecule has 1 unspecified atom stereocenters. The molecule has 1 aromatic heterocycles. The Labute approximate surface area is 196 Å². The van der Waals surface area contributed by atoms with Gasteiger partial charge in [0.2, 0.25) is 17.1 Å². The fraction of sp³-hybridized carbons (Fsp3) is 0.435. The summed E-state index contributed by atoms with van der Waals surface area (Å²) in [6.45, 7) is 2.77. The molecule has 0 bridgehead atoms. The van der Waals surface area contributed by atoms with Gasteiger partial charge in [0.05, 0.1) is 0 Å². The van der Waals surface area contributed by atoms with Gasteiger partial charge in [-0.3, -0.25) is 19.7 Å².